The molecule has 0 saturated carbocycles. The Bertz CT molecular complexity index is 485. The van der Waals surface area contributed by atoms with E-state index in [1.807, 2.05) is 26.1 Å². The van der Waals surface area contributed by atoms with Gasteiger partial charge in [0.25, 0.3) is 0 Å². The van der Waals surface area contributed by atoms with E-state index < -0.39 is 0 Å². The van der Waals surface area contributed by atoms with Crippen molar-refractivity contribution in [2.45, 2.75) is 20.3 Å². The molecule has 0 amide bonds. The number of ketones is 1. The van der Waals surface area contributed by atoms with Crippen molar-refractivity contribution in [2.24, 2.45) is 5.92 Å². The van der Waals surface area contributed by atoms with E-state index in [1.54, 1.807) is 12.4 Å². The summed E-state index contributed by atoms with van der Waals surface area (Å²) in [6, 6.07) is 1.94. The van der Waals surface area contributed by atoms with Crippen LogP contribution in [-0.4, -0.2) is 15.8 Å². The summed E-state index contributed by atoms with van der Waals surface area (Å²) < 4.78 is 0. The molecule has 2 aromatic heterocycles. The van der Waals surface area contributed by atoms with Gasteiger partial charge in [-0.25, -0.2) is 0 Å². The van der Waals surface area contributed by atoms with E-state index in [0.29, 0.717) is 6.42 Å². The first-order chi connectivity index (χ1) is 7.18. The molecule has 3 heteroatoms. The van der Waals surface area contributed by atoms with E-state index in [1.165, 1.54) is 0 Å². The van der Waals surface area contributed by atoms with E-state index in [4.69, 9.17) is 0 Å². The number of carbonyl (C=O) groups is 1. The Balaban J connectivity index is 2.33. The monoisotopic (exact) mass is 202 g/mol. The smallest absolute Gasteiger partial charge is 0.139 e. The predicted octanol–water partition coefficient (Wildman–Crippen LogP) is 2.33. The molecule has 1 N–H and O–H groups in total. The van der Waals surface area contributed by atoms with Gasteiger partial charge in [-0.2, -0.15) is 0 Å². The average molecular weight is 202 g/mol. The van der Waals surface area contributed by atoms with Crippen molar-refractivity contribution < 1.29 is 4.79 Å². The molecular weight excluding hydrogens is 188 g/mol. The number of rotatable bonds is 3. The molecule has 0 aliphatic carbocycles. The van der Waals surface area contributed by atoms with Gasteiger partial charge in [-0.05, 0) is 11.6 Å². The largest absolute Gasteiger partial charge is 0.360 e. The number of fused-ring (bicyclic) bond motifs is 1. The summed E-state index contributed by atoms with van der Waals surface area (Å²) in [5, 5.41) is 1.10. The molecule has 2 heterocycles. The number of pyridine rings is 1. The maximum Gasteiger partial charge on any atom is 0.139 e. The molecule has 15 heavy (non-hydrogen) atoms. The van der Waals surface area contributed by atoms with Gasteiger partial charge in [0.2, 0.25) is 0 Å². The summed E-state index contributed by atoms with van der Waals surface area (Å²) >= 11 is 0. The quantitative estimate of drug-likeness (QED) is 0.830. The van der Waals surface area contributed by atoms with Gasteiger partial charge in [0, 0.05) is 30.1 Å². The fraction of sp³-hybridized carbons (Fsp3) is 0.333. The molecular formula is C12H14N2O. The van der Waals surface area contributed by atoms with Crippen LogP contribution in [0.3, 0.4) is 0 Å². The zero-order chi connectivity index (χ0) is 10.8. The van der Waals surface area contributed by atoms with Crippen molar-refractivity contribution in [3.05, 3.63) is 30.2 Å². The lowest BCUT2D eigenvalue weighted by Crippen LogP contribution is -2.09. The number of aromatic amines is 1. The van der Waals surface area contributed by atoms with Crippen molar-refractivity contribution in [3.8, 4) is 0 Å². The number of hydrogen-bond donors (Lipinski definition) is 1. The summed E-state index contributed by atoms with van der Waals surface area (Å²) in [7, 11) is 0. The first-order valence-electron chi connectivity index (χ1n) is 5.11. The Hall–Kier alpha value is -1.64. The highest BCUT2D eigenvalue weighted by Gasteiger charge is 2.11. The van der Waals surface area contributed by atoms with Gasteiger partial charge in [0.15, 0.2) is 0 Å². The number of aromatic nitrogens is 2. The zero-order valence-corrected chi connectivity index (χ0v) is 8.95. The maximum atomic E-state index is 11.6. The molecule has 0 bridgehead atoms. The Kier molecular flexibility index (Phi) is 2.54. The Morgan fingerprint density at radius 3 is 3.07 bits per heavy atom. The lowest BCUT2D eigenvalue weighted by Gasteiger charge is -2.02. The summed E-state index contributed by atoms with van der Waals surface area (Å²) in [4.78, 5) is 18.8. The minimum absolute atomic E-state index is 0.0942. The van der Waals surface area contributed by atoms with Crippen molar-refractivity contribution in [2.75, 3.05) is 0 Å². The van der Waals surface area contributed by atoms with Crippen LogP contribution in [-0.2, 0) is 11.2 Å². The number of Topliss-reactive ketones (excluding diaryl/α,β-unsaturated/α-hetero) is 1. The second-order valence-electron chi connectivity index (χ2n) is 4.03. The molecule has 0 unspecified atom stereocenters. The van der Waals surface area contributed by atoms with Crippen LogP contribution in [0.4, 0.5) is 0 Å². The van der Waals surface area contributed by atoms with Gasteiger partial charge in [0.1, 0.15) is 5.78 Å². The zero-order valence-electron chi connectivity index (χ0n) is 8.95. The Morgan fingerprint density at radius 1 is 1.53 bits per heavy atom. The molecule has 0 aromatic carbocycles. The Morgan fingerprint density at radius 2 is 2.33 bits per heavy atom. The van der Waals surface area contributed by atoms with Crippen molar-refractivity contribution in [1.29, 1.82) is 0 Å². The van der Waals surface area contributed by atoms with Crippen LogP contribution in [0.1, 0.15) is 19.4 Å². The second-order valence-corrected chi connectivity index (χ2v) is 4.03. The van der Waals surface area contributed by atoms with Gasteiger partial charge in [0.05, 0.1) is 11.7 Å². The summed E-state index contributed by atoms with van der Waals surface area (Å²) in [6.45, 7) is 3.86. The molecule has 0 saturated heterocycles. The van der Waals surface area contributed by atoms with E-state index in [-0.39, 0.29) is 11.7 Å². The second kappa shape index (κ2) is 3.85. The molecule has 0 spiro atoms. The highest BCUT2D eigenvalue weighted by Crippen LogP contribution is 2.18. The average Bonchev–Trinajstić information content (AvgIpc) is 2.62. The van der Waals surface area contributed by atoms with Crippen molar-refractivity contribution in [3.63, 3.8) is 0 Å². The highest BCUT2D eigenvalue weighted by atomic mass is 16.1. The predicted molar refractivity (Wildman–Crippen MR) is 59.6 cm³/mol. The number of nitrogens with zero attached hydrogens (tertiary/aromatic N) is 1. The molecule has 0 atom stereocenters. The van der Waals surface area contributed by atoms with Gasteiger partial charge in [-0.3, -0.25) is 9.78 Å². The summed E-state index contributed by atoms with van der Waals surface area (Å²) in [6.07, 6.45) is 5.92. The number of H-pyrrole nitrogens is 1. The third-order valence-corrected chi connectivity index (χ3v) is 2.58. The van der Waals surface area contributed by atoms with Crippen LogP contribution in [0.25, 0.3) is 10.9 Å². The molecule has 2 aromatic rings. The van der Waals surface area contributed by atoms with E-state index in [2.05, 4.69) is 9.97 Å². The highest BCUT2D eigenvalue weighted by molar-refractivity contribution is 5.89. The molecule has 0 aliphatic rings. The molecule has 0 fully saturated rings. The van der Waals surface area contributed by atoms with Crippen LogP contribution < -0.4 is 0 Å². The van der Waals surface area contributed by atoms with Gasteiger partial charge >= 0.3 is 0 Å². The Labute approximate surface area is 88.5 Å². The molecule has 3 nitrogen and oxygen atoms in total. The minimum atomic E-state index is 0.0942. The first-order valence-corrected chi connectivity index (χ1v) is 5.11. The van der Waals surface area contributed by atoms with Gasteiger partial charge in [-0.15, -0.1) is 0 Å². The van der Waals surface area contributed by atoms with Gasteiger partial charge in [-0.1, -0.05) is 13.8 Å². The third kappa shape index (κ3) is 1.91. The standard InChI is InChI=1S/C12H14N2O/c1-8(2)12(15)5-9-6-14-11-7-13-4-3-10(9)11/h3-4,6-8,14H,5H2,1-2H3. The topological polar surface area (TPSA) is 45.8 Å². The fourth-order valence-corrected chi connectivity index (χ4v) is 1.57. The van der Waals surface area contributed by atoms with Crippen LogP contribution >= 0.6 is 0 Å². The maximum absolute atomic E-state index is 11.6. The summed E-state index contributed by atoms with van der Waals surface area (Å²) in [5.41, 5.74) is 2.05. The fourth-order valence-electron chi connectivity index (χ4n) is 1.57. The lowest BCUT2D eigenvalue weighted by atomic mass is 10.0. The normalized spacial score (nSPS) is 11.1. The molecule has 0 radical (unpaired) electrons. The number of carbonyl (C=O) groups excluding carboxylic acids is 1. The minimum Gasteiger partial charge on any atom is -0.360 e. The van der Waals surface area contributed by atoms with Crippen molar-refractivity contribution >= 4 is 16.7 Å². The van der Waals surface area contributed by atoms with Crippen LogP contribution in [0, 0.1) is 5.92 Å². The SMILES string of the molecule is CC(C)C(=O)Cc1c[nH]c2cnccc12. The van der Waals surface area contributed by atoms with E-state index in [0.717, 1.165) is 16.5 Å². The van der Waals surface area contributed by atoms with Gasteiger partial charge < -0.3 is 4.98 Å². The molecule has 78 valence electrons. The molecule has 2 rings (SSSR count). The van der Waals surface area contributed by atoms with E-state index in [9.17, 15) is 4.79 Å². The van der Waals surface area contributed by atoms with E-state index >= 15 is 0 Å². The number of hydrogen-bond acceptors (Lipinski definition) is 2. The lowest BCUT2D eigenvalue weighted by molar-refractivity contribution is -0.121. The number of nitrogens with one attached hydrogen (secondary N) is 1. The van der Waals surface area contributed by atoms with Crippen LogP contribution in [0.15, 0.2) is 24.7 Å². The van der Waals surface area contributed by atoms with Crippen LogP contribution in [0.2, 0.25) is 0 Å². The third-order valence-electron chi connectivity index (χ3n) is 2.58. The van der Waals surface area contributed by atoms with Crippen LogP contribution in [0.5, 0.6) is 0 Å². The molecule has 0 aliphatic heterocycles. The first kappa shape index (κ1) is 9.90. The van der Waals surface area contributed by atoms with Crippen molar-refractivity contribution in [1.82, 2.24) is 9.97 Å². The summed E-state index contributed by atoms with van der Waals surface area (Å²) in [5.74, 6) is 0.365.